The van der Waals surface area contributed by atoms with Gasteiger partial charge in [-0.3, -0.25) is 4.79 Å². The molecule has 0 fully saturated rings. The molecule has 0 aliphatic heterocycles. The number of hydrogen-bond donors (Lipinski definition) is 1. The molecule has 0 bridgehead atoms. The number of ether oxygens (including phenoxy) is 1. The van der Waals surface area contributed by atoms with Gasteiger partial charge in [0.2, 0.25) is 0 Å². The molecule has 0 aromatic heterocycles. The first kappa shape index (κ1) is 14.4. The fourth-order valence-corrected chi connectivity index (χ4v) is 1.38. The van der Waals surface area contributed by atoms with Crippen molar-refractivity contribution in [2.45, 2.75) is 58.3 Å². The number of nitrogens with two attached hydrogens (primary N) is 1. The van der Waals surface area contributed by atoms with Crippen LogP contribution in [0.15, 0.2) is 0 Å². The van der Waals surface area contributed by atoms with E-state index >= 15 is 0 Å². The zero-order valence-corrected chi connectivity index (χ0v) is 9.96. The Bertz CT molecular complexity index is 149. The summed E-state index contributed by atoms with van der Waals surface area (Å²) in [5, 5.41) is 0. The molecule has 0 saturated carbocycles. The Morgan fingerprint density at radius 3 is 2.47 bits per heavy atom. The van der Waals surface area contributed by atoms with E-state index in [9.17, 15) is 4.79 Å². The van der Waals surface area contributed by atoms with Crippen molar-refractivity contribution < 1.29 is 9.53 Å². The normalized spacial score (nSPS) is 10.3. The molecule has 2 N–H and O–H groups in total. The fraction of sp³-hybridized carbons (Fsp3) is 0.917. The van der Waals surface area contributed by atoms with Crippen molar-refractivity contribution in [1.29, 1.82) is 0 Å². The molecule has 0 unspecified atom stereocenters. The molecule has 0 aliphatic rings. The van der Waals surface area contributed by atoms with E-state index in [2.05, 4.69) is 6.92 Å². The lowest BCUT2D eigenvalue weighted by atomic mass is 10.2. The summed E-state index contributed by atoms with van der Waals surface area (Å²) >= 11 is 0. The second-order valence-electron chi connectivity index (χ2n) is 3.88. The van der Waals surface area contributed by atoms with E-state index in [0.717, 1.165) is 19.3 Å². The summed E-state index contributed by atoms with van der Waals surface area (Å²) in [6.45, 7) is 3.44. The second-order valence-corrected chi connectivity index (χ2v) is 3.88. The maximum absolute atomic E-state index is 11.1. The van der Waals surface area contributed by atoms with Crippen LogP contribution >= 0.6 is 0 Å². The van der Waals surface area contributed by atoms with Crippen molar-refractivity contribution in [2.75, 3.05) is 13.2 Å². The third-order valence-electron chi connectivity index (χ3n) is 2.35. The van der Waals surface area contributed by atoms with Crippen molar-refractivity contribution in [3.63, 3.8) is 0 Å². The van der Waals surface area contributed by atoms with Crippen LogP contribution < -0.4 is 5.73 Å². The molecule has 0 atom stereocenters. The van der Waals surface area contributed by atoms with Gasteiger partial charge in [-0.2, -0.15) is 0 Å². The van der Waals surface area contributed by atoms with Gasteiger partial charge in [-0.05, 0) is 25.8 Å². The van der Waals surface area contributed by atoms with Crippen LogP contribution in [0.1, 0.15) is 58.3 Å². The molecule has 0 rings (SSSR count). The lowest BCUT2D eigenvalue weighted by Crippen LogP contribution is -2.07. The molecular weight excluding hydrogens is 190 g/mol. The molecule has 0 saturated heterocycles. The predicted octanol–water partition coefficient (Wildman–Crippen LogP) is 2.63. The average Bonchev–Trinajstić information content (AvgIpc) is 2.23. The van der Waals surface area contributed by atoms with Gasteiger partial charge in [0.25, 0.3) is 0 Å². The van der Waals surface area contributed by atoms with Crippen molar-refractivity contribution in [3.05, 3.63) is 0 Å². The van der Waals surface area contributed by atoms with Crippen molar-refractivity contribution in [3.8, 4) is 0 Å². The zero-order chi connectivity index (χ0) is 11.4. The predicted molar refractivity (Wildman–Crippen MR) is 62.6 cm³/mol. The van der Waals surface area contributed by atoms with E-state index < -0.39 is 0 Å². The molecular formula is C12H25NO2. The number of hydrogen-bond acceptors (Lipinski definition) is 3. The van der Waals surface area contributed by atoms with Crippen molar-refractivity contribution >= 4 is 5.97 Å². The van der Waals surface area contributed by atoms with Crippen LogP contribution in [0.4, 0.5) is 0 Å². The number of carbonyl (C=O) groups excluding carboxylic acids is 1. The summed E-state index contributed by atoms with van der Waals surface area (Å²) in [5.41, 5.74) is 5.33. The highest BCUT2D eigenvalue weighted by Crippen LogP contribution is 2.03. The van der Waals surface area contributed by atoms with Gasteiger partial charge in [-0.25, -0.2) is 0 Å². The van der Waals surface area contributed by atoms with Crippen LogP contribution in [0, 0.1) is 0 Å². The first-order valence-electron chi connectivity index (χ1n) is 6.17. The molecule has 0 heterocycles. The van der Waals surface area contributed by atoms with Gasteiger partial charge in [-0.1, -0.05) is 32.6 Å². The number of esters is 1. The zero-order valence-electron chi connectivity index (χ0n) is 9.96. The Balaban J connectivity index is 3.10. The quantitative estimate of drug-likeness (QED) is 0.450. The molecule has 90 valence electrons. The van der Waals surface area contributed by atoms with E-state index in [4.69, 9.17) is 10.5 Å². The third kappa shape index (κ3) is 11.4. The van der Waals surface area contributed by atoms with Gasteiger partial charge < -0.3 is 10.5 Å². The van der Waals surface area contributed by atoms with Crippen molar-refractivity contribution in [1.82, 2.24) is 0 Å². The Labute approximate surface area is 93.4 Å². The van der Waals surface area contributed by atoms with E-state index in [0.29, 0.717) is 19.6 Å². The van der Waals surface area contributed by atoms with Gasteiger partial charge in [0, 0.05) is 6.42 Å². The summed E-state index contributed by atoms with van der Waals surface area (Å²) in [6.07, 6.45) is 8.24. The van der Waals surface area contributed by atoms with Crippen LogP contribution in [0.3, 0.4) is 0 Å². The summed E-state index contributed by atoms with van der Waals surface area (Å²) in [7, 11) is 0. The highest BCUT2D eigenvalue weighted by Gasteiger charge is 2.01. The van der Waals surface area contributed by atoms with E-state index in [1.54, 1.807) is 0 Å². The van der Waals surface area contributed by atoms with Crippen LogP contribution in [0.2, 0.25) is 0 Å². The summed E-state index contributed by atoms with van der Waals surface area (Å²) in [4.78, 5) is 11.1. The molecule has 0 aromatic carbocycles. The molecule has 0 aliphatic carbocycles. The Morgan fingerprint density at radius 2 is 1.80 bits per heavy atom. The smallest absolute Gasteiger partial charge is 0.305 e. The number of carbonyl (C=O) groups is 1. The first-order valence-corrected chi connectivity index (χ1v) is 6.17. The fourth-order valence-electron chi connectivity index (χ4n) is 1.38. The average molecular weight is 215 g/mol. The molecule has 0 radical (unpaired) electrons. The SMILES string of the molecule is CCCCCCCOC(=O)CCCCN. The van der Waals surface area contributed by atoms with E-state index in [-0.39, 0.29) is 5.97 Å². The topological polar surface area (TPSA) is 52.3 Å². The van der Waals surface area contributed by atoms with Gasteiger partial charge in [-0.15, -0.1) is 0 Å². The van der Waals surface area contributed by atoms with Gasteiger partial charge in [0.15, 0.2) is 0 Å². The summed E-state index contributed by atoms with van der Waals surface area (Å²) in [5.74, 6) is -0.0704. The summed E-state index contributed by atoms with van der Waals surface area (Å²) in [6, 6.07) is 0. The molecule has 0 amide bonds. The molecule has 3 heteroatoms. The summed E-state index contributed by atoms with van der Waals surface area (Å²) < 4.78 is 5.09. The molecule has 3 nitrogen and oxygen atoms in total. The first-order chi connectivity index (χ1) is 7.31. The Hall–Kier alpha value is -0.570. The van der Waals surface area contributed by atoms with Crippen LogP contribution in [0.5, 0.6) is 0 Å². The van der Waals surface area contributed by atoms with Gasteiger partial charge in [0.05, 0.1) is 6.61 Å². The molecule has 15 heavy (non-hydrogen) atoms. The van der Waals surface area contributed by atoms with Gasteiger partial charge >= 0.3 is 5.97 Å². The third-order valence-corrected chi connectivity index (χ3v) is 2.35. The highest BCUT2D eigenvalue weighted by atomic mass is 16.5. The van der Waals surface area contributed by atoms with Crippen LogP contribution in [-0.2, 0) is 9.53 Å². The molecule has 0 aromatic rings. The maximum atomic E-state index is 11.1. The maximum Gasteiger partial charge on any atom is 0.305 e. The largest absolute Gasteiger partial charge is 0.466 e. The monoisotopic (exact) mass is 215 g/mol. The number of unbranched alkanes of at least 4 members (excludes halogenated alkanes) is 5. The van der Waals surface area contributed by atoms with Crippen molar-refractivity contribution in [2.24, 2.45) is 5.73 Å². The lowest BCUT2D eigenvalue weighted by Gasteiger charge is -2.04. The number of rotatable bonds is 10. The minimum Gasteiger partial charge on any atom is -0.466 e. The highest BCUT2D eigenvalue weighted by molar-refractivity contribution is 5.69. The lowest BCUT2D eigenvalue weighted by molar-refractivity contribution is -0.143. The second kappa shape index (κ2) is 11.5. The molecule has 0 spiro atoms. The Kier molecular flexibility index (Phi) is 11.1. The van der Waals surface area contributed by atoms with Gasteiger partial charge in [0.1, 0.15) is 0 Å². The van der Waals surface area contributed by atoms with E-state index in [1.807, 2.05) is 0 Å². The standard InChI is InChI=1S/C12H25NO2/c1-2-3-4-5-8-11-15-12(14)9-6-7-10-13/h2-11,13H2,1H3. The minimum atomic E-state index is -0.0704. The minimum absolute atomic E-state index is 0.0704. The van der Waals surface area contributed by atoms with Crippen LogP contribution in [0.25, 0.3) is 0 Å². The van der Waals surface area contributed by atoms with E-state index in [1.165, 1.54) is 25.7 Å². The Morgan fingerprint density at radius 1 is 1.07 bits per heavy atom. The van der Waals surface area contributed by atoms with Crippen LogP contribution in [-0.4, -0.2) is 19.1 Å².